The topological polar surface area (TPSA) is 84.2 Å². The van der Waals surface area contributed by atoms with E-state index in [-0.39, 0.29) is 30.0 Å². The molecule has 7 heteroatoms. The second-order valence-corrected chi connectivity index (χ2v) is 6.46. The third-order valence-corrected chi connectivity index (χ3v) is 4.22. The molecule has 1 aromatic carbocycles. The zero-order valence-corrected chi connectivity index (χ0v) is 15.6. The number of anilines is 1. The molecule has 6 nitrogen and oxygen atoms in total. The van der Waals surface area contributed by atoms with Crippen molar-refractivity contribution in [3.8, 4) is 0 Å². The number of benzene rings is 1. The average molecular weight is 364 g/mol. The van der Waals surface area contributed by atoms with Gasteiger partial charge in [0.25, 0.3) is 0 Å². The lowest BCUT2D eigenvalue weighted by Crippen LogP contribution is -2.33. The second-order valence-electron chi connectivity index (χ2n) is 6.12. The van der Waals surface area contributed by atoms with Crippen LogP contribution in [0.2, 0.25) is 5.22 Å². The Hall–Kier alpha value is -2.34. The summed E-state index contributed by atoms with van der Waals surface area (Å²) < 4.78 is 4.84. The molecule has 1 aromatic heterocycles. The predicted octanol–water partition coefficient (Wildman–Crippen LogP) is 3.25. The van der Waals surface area contributed by atoms with E-state index in [1.165, 1.54) is 0 Å². The minimum absolute atomic E-state index is 0.0814. The zero-order valence-electron chi connectivity index (χ0n) is 14.8. The highest BCUT2D eigenvalue weighted by atomic mass is 35.5. The molecule has 0 spiro atoms. The fourth-order valence-corrected chi connectivity index (χ4v) is 2.97. The lowest BCUT2D eigenvalue weighted by atomic mass is 10.1. The predicted molar refractivity (Wildman–Crippen MR) is 96.9 cm³/mol. The standard InChI is InChI=1S/C18H22ClN3O3/c1-10-7-11(2)17(12(3)8-10)21-16(24)9-20-15(23)6-5-14-13(4)22-25-18(14)19/h7-8H,5-6,9H2,1-4H3,(H,20,23)(H,21,24). The Morgan fingerprint density at radius 2 is 1.76 bits per heavy atom. The van der Waals surface area contributed by atoms with Gasteiger partial charge in [0.1, 0.15) is 0 Å². The number of halogens is 1. The van der Waals surface area contributed by atoms with Gasteiger partial charge in [-0.05, 0) is 56.8 Å². The molecule has 0 saturated carbocycles. The van der Waals surface area contributed by atoms with Crippen molar-refractivity contribution in [2.45, 2.75) is 40.5 Å². The largest absolute Gasteiger partial charge is 0.347 e. The van der Waals surface area contributed by atoms with Crippen LogP contribution in [0.5, 0.6) is 0 Å². The minimum atomic E-state index is -0.261. The number of hydrogen-bond acceptors (Lipinski definition) is 4. The molecule has 2 rings (SSSR count). The molecule has 2 N–H and O–H groups in total. The Morgan fingerprint density at radius 1 is 1.12 bits per heavy atom. The van der Waals surface area contributed by atoms with Crippen molar-refractivity contribution in [3.05, 3.63) is 45.3 Å². The lowest BCUT2D eigenvalue weighted by Gasteiger charge is -2.13. The highest BCUT2D eigenvalue weighted by Crippen LogP contribution is 2.22. The van der Waals surface area contributed by atoms with E-state index < -0.39 is 0 Å². The Morgan fingerprint density at radius 3 is 2.32 bits per heavy atom. The molecule has 0 bridgehead atoms. The molecule has 0 atom stereocenters. The molecule has 134 valence electrons. The van der Waals surface area contributed by atoms with E-state index in [2.05, 4.69) is 15.8 Å². The molecular weight excluding hydrogens is 342 g/mol. The molecule has 0 fully saturated rings. The van der Waals surface area contributed by atoms with E-state index in [9.17, 15) is 9.59 Å². The third-order valence-electron chi connectivity index (χ3n) is 3.93. The first-order chi connectivity index (χ1) is 11.8. The molecule has 0 radical (unpaired) electrons. The van der Waals surface area contributed by atoms with Gasteiger partial charge in [-0.15, -0.1) is 0 Å². The molecule has 0 aliphatic heterocycles. The van der Waals surface area contributed by atoms with Gasteiger partial charge in [0.05, 0.1) is 12.2 Å². The second kappa shape index (κ2) is 8.16. The maximum atomic E-state index is 12.1. The summed E-state index contributed by atoms with van der Waals surface area (Å²) in [5, 5.41) is 9.40. The third kappa shape index (κ3) is 5.06. The van der Waals surface area contributed by atoms with Crippen LogP contribution in [0.3, 0.4) is 0 Å². The fourth-order valence-electron chi connectivity index (χ4n) is 2.71. The Kier molecular flexibility index (Phi) is 6.20. The molecule has 0 unspecified atom stereocenters. The average Bonchev–Trinajstić information content (AvgIpc) is 2.85. The van der Waals surface area contributed by atoms with Crippen molar-refractivity contribution in [3.63, 3.8) is 0 Å². The molecule has 0 aliphatic rings. The number of nitrogens with one attached hydrogen (secondary N) is 2. The number of nitrogens with zero attached hydrogens (tertiary/aromatic N) is 1. The smallest absolute Gasteiger partial charge is 0.243 e. The van der Waals surface area contributed by atoms with Gasteiger partial charge < -0.3 is 15.2 Å². The Bertz CT molecular complexity index is 756. The number of rotatable bonds is 6. The first kappa shape index (κ1) is 19.0. The number of amides is 2. The first-order valence-corrected chi connectivity index (χ1v) is 8.40. The van der Waals surface area contributed by atoms with Crippen molar-refractivity contribution in [1.82, 2.24) is 10.5 Å². The normalized spacial score (nSPS) is 10.6. The van der Waals surface area contributed by atoms with Crippen LogP contribution in [-0.4, -0.2) is 23.5 Å². The number of aryl methyl sites for hydroxylation is 4. The molecule has 0 aliphatic carbocycles. The van der Waals surface area contributed by atoms with Gasteiger partial charge in [-0.1, -0.05) is 22.9 Å². The van der Waals surface area contributed by atoms with E-state index in [0.717, 1.165) is 22.4 Å². The minimum Gasteiger partial charge on any atom is -0.347 e. The van der Waals surface area contributed by atoms with E-state index in [0.29, 0.717) is 17.7 Å². The van der Waals surface area contributed by atoms with Gasteiger partial charge in [0, 0.05) is 17.7 Å². The van der Waals surface area contributed by atoms with E-state index in [1.807, 2.05) is 32.9 Å². The van der Waals surface area contributed by atoms with E-state index in [4.69, 9.17) is 16.1 Å². The van der Waals surface area contributed by atoms with Crippen LogP contribution in [0.4, 0.5) is 5.69 Å². The Balaban J connectivity index is 1.83. The molecule has 25 heavy (non-hydrogen) atoms. The number of carbonyl (C=O) groups is 2. The summed E-state index contributed by atoms with van der Waals surface area (Å²) in [7, 11) is 0. The van der Waals surface area contributed by atoms with Crippen LogP contribution in [0.25, 0.3) is 0 Å². The van der Waals surface area contributed by atoms with Gasteiger partial charge in [-0.2, -0.15) is 0 Å². The van der Waals surface area contributed by atoms with Crippen molar-refractivity contribution >= 4 is 29.1 Å². The number of aromatic nitrogens is 1. The van der Waals surface area contributed by atoms with Crippen LogP contribution in [0.1, 0.15) is 34.4 Å². The van der Waals surface area contributed by atoms with Crippen molar-refractivity contribution in [2.75, 3.05) is 11.9 Å². The van der Waals surface area contributed by atoms with E-state index in [1.54, 1.807) is 6.92 Å². The molecule has 2 amide bonds. The zero-order chi connectivity index (χ0) is 18.6. The molecular formula is C18H22ClN3O3. The van der Waals surface area contributed by atoms with Gasteiger partial charge in [-0.25, -0.2) is 0 Å². The van der Waals surface area contributed by atoms with Gasteiger partial charge in [-0.3, -0.25) is 9.59 Å². The SMILES string of the molecule is Cc1cc(C)c(NC(=O)CNC(=O)CCc2c(C)noc2Cl)c(C)c1. The number of carbonyl (C=O) groups excluding carboxylic acids is 2. The Labute approximate surface area is 151 Å². The van der Waals surface area contributed by atoms with Crippen LogP contribution >= 0.6 is 11.6 Å². The summed E-state index contributed by atoms with van der Waals surface area (Å²) in [5.74, 6) is -0.494. The molecule has 1 heterocycles. The van der Waals surface area contributed by atoms with Gasteiger partial charge in [0.2, 0.25) is 17.0 Å². The lowest BCUT2D eigenvalue weighted by molar-refractivity contribution is -0.124. The first-order valence-electron chi connectivity index (χ1n) is 8.03. The summed E-state index contributed by atoms with van der Waals surface area (Å²) >= 11 is 5.86. The highest BCUT2D eigenvalue weighted by Gasteiger charge is 2.14. The van der Waals surface area contributed by atoms with E-state index >= 15 is 0 Å². The van der Waals surface area contributed by atoms with Gasteiger partial charge >= 0.3 is 0 Å². The van der Waals surface area contributed by atoms with Crippen molar-refractivity contribution < 1.29 is 14.1 Å². The molecule has 2 aromatic rings. The number of hydrogen-bond donors (Lipinski definition) is 2. The van der Waals surface area contributed by atoms with Crippen LogP contribution in [0, 0.1) is 27.7 Å². The summed E-state index contributed by atoms with van der Waals surface area (Å²) in [6, 6.07) is 4.01. The fraction of sp³-hybridized carbons (Fsp3) is 0.389. The summed E-state index contributed by atoms with van der Waals surface area (Å²) in [6.45, 7) is 7.58. The van der Waals surface area contributed by atoms with Crippen LogP contribution < -0.4 is 10.6 Å². The maximum absolute atomic E-state index is 12.1. The maximum Gasteiger partial charge on any atom is 0.243 e. The summed E-state index contributed by atoms with van der Waals surface area (Å²) in [5.41, 5.74) is 5.30. The highest BCUT2D eigenvalue weighted by molar-refractivity contribution is 6.29. The van der Waals surface area contributed by atoms with Crippen LogP contribution in [0.15, 0.2) is 16.7 Å². The summed E-state index contributed by atoms with van der Waals surface area (Å²) in [6.07, 6.45) is 0.620. The monoisotopic (exact) mass is 363 g/mol. The van der Waals surface area contributed by atoms with Crippen molar-refractivity contribution in [2.24, 2.45) is 0 Å². The van der Waals surface area contributed by atoms with Crippen LogP contribution in [-0.2, 0) is 16.0 Å². The quantitative estimate of drug-likeness (QED) is 0.825. The van der Waals surface area contributed by atoms with Gasteiger partial charge in [0.15, 0.2) is 0 Å². The molecule has 0 saturated heterocycles. The summed E-state index contributed by atoms with van der Waals surface area (Å²) in [4.78, 5) is 24.0. The van der Waals surface area contributed by atoms with Crippen molar-refractivity contribution in [1.29, 1.82) is 0 Å².